The van der Waals surface area contributed by atoms with Gasteiger partial charge in [0.1, 0.15) is 17.2 Å². The van der Waals surface area contributed by atoms with Gasteiger partial charge in [0, 0.05) is 0 Å². The molecule has 1 amide bonds. The van der Waals surface area contributed by atoms with Crippen LogP contribution >= 0.6 is 0 Å². The first kappa shape index (κ1) is 24.5. The zero-order chi connectivity index (χ0) is 24.3. The fourth-order valence-corrected chi connectivity index (χ4v) is 2.86. The van der Waals surface area contributed by atoms with Crippen LogP contribution in [0.2, 0.25) is 0 Å². The minimum Gasteiger partial charge on any atom is -0.494 e. The Morgan fingerprint density at radius 3 is 2.21 bits per heavy atom. The second-order valence-corrected chi connectivity index (χ2v) is 7.66. The Morgan fingerprint density at radius 1 is 0.853 bits per heavy atom. The van der Waals surface area contributed by atoms with Gasteiger partial charge in [0.05, 0.1) is 18.4 Å². The van der Waals surface area contributed by atoms with Gasteiger partial charge in [0.15, 0.2) is 6.61 Å². The normalized spacial score (nSPS) is 10.7. The molecule has 0 aliphatic carbocycles. The molecule has 0 heterocycles. The van der Waals surface area contributed by atoms with Gasteiger partial charge < -0.3 is 14.2 Å². The molecule has 0 radical (unpaired) electrons. The van der Waals surface area contributed by atoms with E-state index in [2.05, 4.69) is 10.5 Å². The summed E-state index contributed by atoms with van der Waals surface area (Å²) in [6, 6.07) is 19.2. The van der Waals surface area contributed by atoms with Crippen molar-refractivity contribution in [1.82, 2.24) is 5.43 Å². The van der Waals surface area contributed by atoms with Crippen LogP contribution < -0.4 is 19.6 Å². The Labute approximate surface area is 199 Å². The number of aryl methyl sites for hydroxylation is 2. The van der Waals surface area contributed by atoms with E-state index in [0.29, 0.717) is 29.4 Å². The van der Waals surface area contributed by atoms with Crippen molar-refractivity contribution in [1.29, 1.82) is 0 Å². The summed E-state index contributed by atoms with van der Waals surface area (Å²) < 4.78 is 16.4. The Kier molecular flexibility index (Phi) is 8.80. The van der Waals surface area contributed by atoms with E-state index in [1.807, 2.05) is 39.0 Å². The Bertz CT molecular complexity index is 1140. The number of hydrogen-bond donors (Lipinski definition) is 1. The molecule has 7 nitrogen and oxygen atoms in total. The molecule has 0 unspecified atom stereocenters. The molecule has 0 atom stereocenters. The molecule has 0 aromatic heterocycles. The number of hydrazone groups is 1. The van der Waals surface area contributed by atoms with Crippen LogP contribution in [0.4, 0.5) is 0 Å². The van der Waals surface area contributed by atoms with Gasteiger partial charge in [-0.25, -0.2) is 10.2 Å². The number of hydrogen-bond acceptors (Lipinski definition) is 6. The van der Waals surface area contributed by atoms with Crippen molar-refractivity contribution in [3.8, 4) is 17.2 Å². The number of ether oxygens (including phenoxy) is 3. The lowest BCUT2D eigenvalue weighted by molar-refractivity contribution is -0.123. The zero-order valence-electron chi connectivity index (χ0n) is 19.5. The number of benzene rings is 3. The van der Waals surface area contributed by atoms with E-state index >= 15 is 0 Å². The number of amides is 1. The second kappa shape index (κ2) is 12.2. The number of esters is 1. The maximum atomic E-state index is 12.3. The van der Waals surface area contributed by atoms with Crippen molar-refractivity contribution >= 4 is 18.1 Å². The SMILES string of the molecule is CCCOc1ccc(C(=O)Oc2ccc(/C=N/NC(=O)COc3ccc(C)c(C)c3)cc2)cc1. The van der Waals surface area contributed by atoms with E-state index in [1.54, 1.807) is 48.5 Å². The van der Waals surface area contributed by atoms with Gasteiger partial charge in [0.2, 0.25) is 0 Å². The Balaban J connectivity index is 1.44. The zero-order valence-corrected chi connectivity index (χ0v) is 19.5. The van der Waals surface area contributed by atoms with Crippen molar-refractivity contribution < 1.29 is 23.8 Å². The Hall–Kier alpha value is -4.13. The molecule has 3 aromatic carbocycles. The minimum atomic E-state index is -0.459. The lowest BCUT2D eigenvalue weighted by Crippen LogP contribution is -2.24. The van der Waals surface area contributed by atoms with Crippen molar-refractivity contribution in [3.63, 3.8) is 0 Å². The largest absolute Gasteiger partial charge is 0.494 e. The highest BCUT2D eigenvalue weighted by molar-refractivity contribution is 5.91. The molecule has 0 fully saturated rings. The molecule has 0 bridgehead atoms. The van der Waals surface area contributed by atoms with E-state index < -0.39 is 5.97 Å². The number of nitrogens with zero attached hydrogens (tertiary/aromatic N) is 1. The predicted octanol–water partition coefficient (Wildman–Crippen LogP) is 4.84. The van der Waals surface area contributed by atoms with Crippen LogP contribution in [0.15, 0.2) is 71.8 Å². The first-order valence-electron chi connectivity index (χ1n) is 11.0. The van der Waals surface area contributed by atoms with Gasteiger partial charge in [-0.1, -0.05) is 13.0 Å². The molecule has 0 aliphatic heterocycles. The van der Waals surface area contributed by atoms with E-state index in [4.69, 9.17) is 14.2 Å². The van der Waals surface area contributed by atoms with E-state index in [1.165, 1.54) is 6.21 Å². The average molecular weight is 461 g/mol. The van der Waals surface area contributed by atoms with Gasteiger partial charge in [-0.05, 0) is 97.6 Å². The van der Waals surface area contributed by atoms with Crippen molar-refractivity contribution in [2.75, 3.05) is 13.2 Å². The fourth-order valence-electron chi connectivity index (χ4n) is 2.86. The van der Waals surface area contributed by atoms with Crippen molar-refractivity contribution in [2.24, 2.45) is 5.10 Å². The molecular formula is C27H28N2O5. The summed E-state index contributed by atoms with van der Waals surface area (Å²) >= 11 is 0. The van der Waals surface area contributed by atoms with Gasteiger partial charge in [0.25, 0.3) is 5.91 Å². The van der Waals surface area contributed by atoms with Crippen molar-refractivity contribution in [3.05, 3.63) is 89.0 Å². The van der Waals surface area contributed by atoms with E-state index in [0.717, 1.165) is 23.1 Å². The lowest BCUT2D eigenvalue weighted by Gasteiger charge is -2.07. The van der Waals surface area contributed by atoms with Crippen LogP contribution in [0.25, 0.3) is 0 Å². The summed E-state index contributed by atoms with van der Waals surface area (Å²) in [5.74, 6) is 0.920. The number of carbonyl (C=O) groups is 2. The highest BCUT2D eigenvalue weighted by atomic mass is 16.5. The van der Waals surface area contributed by atoms with Gasteiger partial charge in [-0.3, -0.25) is 4.79 Å². The molecule has 1 N–H and O–H groups in total. The first-order valence-corrected chi connectivity index (χ1v) is 11.0. The lowest BCUT2D eigenvalue weighted by atomic mass is 10.1. The summed E-state index contributed by atoms with van der Waals surface area (Å²) in [5, 5.41) is 3.93. The van der Waals surface area contributed by atoms with Crippen LogP contribution in [-0.2, 0) is 4.79 Å². The molecule has 0 spiro atoms. The predicted molar refractivity (Wildman–Crippen MR) is 131 cm³/mol. The Morgan fingerprint density at radius 2 is 1.53 bits per heavy atom. The molecule has 0 saturated heterocycles. The smallest absolute Gasteiger partial charge is 0.343 e. The summed E-state index contributed by atoms with van der Waals surface area (Å²) in [6.07, 6.45) is 2.41. The molecule has 176 valence electrons. The number of carbonyl (C=O) groups excluding carboxylic acids is 2. The summed E-state index contributed by atoms with van der Waals surface area (Å²) in [5.41, 5.74) is 5.84. The molecule has 34 heavy (non-hydrogen) atoms. The van der Waals surface area contributed by atoms with E-state index in [-0.39, 0.29) is 12.5 Å². The summed E-state index contributed by atoms with van der Waals surface area (Å²) in [4.78, 5) is 24.2. The summed E-state index contributed by atoms with van der Waals surface area (Å²) in [6.45, 7) is 6.52. The minimum absolute atomic E-state index is 0.138. The highest BCUT2D eigenvalue weighted by Gasteiger charge is 2.09. The number of rotatable bonds is 10. The third-order valence-electron chi connectivity index (χ3n) is 4.90. The monoisotopic (exact) mass is 460 g/mol. The quantitative estimate of drug-likeness (QED) is 0.202. The van der Waals surface area contributed by atoms with Gasteiger partial charge in [-0.2, -0.15) is 5.10 Å². The van der Waals surface area contributed by atoms with Crippen LogP contribution in [0.3, 0.4) is 0 Å². The molecule has 3 aromatic rings. The number of nitrogens with one attached hydrogen (secondary N) is 1. The second-order valence-electron chi connectivity index (χ2n) is 7.66. The van der Waals surface area contributed by atoms with Crippen LogP contribution in [0.5, 0.6) is 17.2 Å². The molecule has 0 aliphatic rings. The van der Waals surface area contributed by atoms with Crippen molar-refractivity contribution in [2.45, 2.75) is 27.2 Å². The topological polar surface area (TPSA) is 86.2 Å². The average Bonchev–Trinajstić information content (AvgIpc) is 2.85. The maximum absolute atomic E-state index is 12.3. The first-order chi connectivity index (χ1) is 16.4. The fraction of sp³-hybridized carbons (Fsp3) is 0.222. The molecule has 3 rings (SSSR count). The molecular weight excluding hydrogens is 432 g/mol. The highest BCUT2D eigenvalue weighted by Crippen LogP contribution is 2.17. The van der Waals surface area contributed by atoms with Gasteiger partial charge >= 0.3 is 5.97 Å². The molecule has 0 saturated carbocycles. The maximum Gasteiger partial charge on any atom is 0.343 e. The third kappa shape index (κ3) is 7.48. The molecule has 7 heteroatoms. The van der Waals surface area contributed by atoms with Crippen LogP contribution in [0, 0.1) is 13.8 Å². The van der Waals surface area contributed by atoms with Crippen LogP contribution in [0.1, 0.15) is 40.4 Å². The van der Waals surface area contributed by atoms with Gasteiger partial charge in [-0.15, -0.1) is 0 Å². The van der Waals surface area contributed by atoms with E-state index in [9.17, 15) is 9.59 Å². The van der Waals surface area contributed by atoms with Crippen LogP contribution in [-0.4, -0.2) is 31.3 Å². The third-order valence-corrected chi connectivity index (χ3v) is 4.90. The standard InChI is InChI=1S/C27H28N2O5/c1-4-15-32-23-13-8-22(9-14-23)27(31)34-24-11-6-21(7-12-24)17-28-29-26(30)18-33-25-10-5-19(2)20(3)16-25/h5-14,16-17H,4,15,18H2,1-3H3,(H,29,30)/b28-17+. The summed E-state index contributed by atoms with van der Waals surface area (Å²) in [7, 11) is 0.